The Labute approximate surface area is 109 Å². The predicted molar refractivity (Wildman–Crippen MR) is 59.8 cm³/mol. The molecule has 0 radical (unpaired) electrons. The van der Waals surface area contributed by atoms with Gasteiger partial charge in [-0.15, -0.1) is 0 Å². The van der Waals surface area contributed by atoms with E-state index >= 15 is 0 Å². The molecule has 0 aliphatic heterocycles. The molecule has 0 aliphatic carbocycles. The van der Waals surface area contributed by atoms with E-state index in [4.69, 9.17) is 14.6 Å². The molecule has 0 aromatic rings. The van der Waals surface area contributed by atoms with Crippen LogP contribution in [0.2, 0.25) is 0 Å². The Hall–Kier alpha value is -1.96. The van der Waals surface area contributed by atoms with Gasteiger partial charge in [0.1, 0.15) is 0 Å². The third kappa shape index (κ3) is 6.51. The maximum atomic E-state index is 11.0. The number of hydrogen-bond donors (Lipinski definition) is 1. The lowest BCUT2D eigenvalue weighted by molar-refractivity contribution is -0.185. The second-order valence-corrected chi connectivity index (χ2v) is 3.61. The normalized spacial score (nSPS) is 14.7. The van der Waals surface area contributed by atoms with Crippen LogP contribution in [0.4, 0.5) is 0 Å². The fourth-order valence-electron chi connectivity index (χ4n) is 1.33. The molecule has 0 aliphatic rings. The van der Waals surface area contributed by atoms with E-state index in [1.165, 1.54) is 0 Å². The first-order valence-corrected chi connectivity index (χ1v) is 5.39. The lowest BCUT2D eigenvalue weighted by Gasteiger charge is -2.28. The highest BCUT2D eigenvalue weighted by Crippen LogP contribution is 2.12. The SMILES string of the molecule is CC(=O)O[C@H]([C@H](C=O)OC(C)=O)[C@H](CO)OC(C)=O. The molecule has 0 heterocycles. The molecule has 0 amide bonds. The fraction of sp³-hybridized carbons (Fsp3) is 0.636. The number of aldehydes is 1. The number of ether oxygens (including phenoxy) is 3. The highest BCUT2D eigenvalue weighted by atomic mass is 16.6. The summed E-state index contributed by atoms with van der Waals surface area (Å²) < 4.78 is 14.1. The van der Waals surface area contributed by atoms with E-state index in [1.54, 1.807) is 0 Å². The van der Waals surface area contributed by atoms with Gasteiger partial charge in [0.05, 0.1) is 6.61 Å². The number of rotatable bonds is 7. The summed E-state index contributed by atoms with van der Waals surface area (Å²) in [4.78, 5) is 43.6. The Kier molecular flexibility index (Phi) is 7.35. The van der Waals surface area contributed by atoms with E-state index in [9.17, 15) is 19.2 Å². The molecular weight excluding hydrogens is 260 g/mol. The second kappa shape index (κ2) is 8.20. The van der Waals surface area contributed by atoms with Crippen LogP contribution in [0.15, 0.2) is 0 Å². The van der Waals surface area contributed by atoms with Gasteiger partial charge in [0.15, 0.2) is 24.6 Å². The van der Waals surface area contributed by atoms with Gasteiger partial charge < -0.3 is 19.3 Å². The molecule has 0 aromatic carbocycles. The molecule has 3 atom stereocenters. The molecule has 0 spiro atoms. The molecule has 0 rings (SSSR count). The number of carbonyl (C=O) groups is 4. The van der Waals surface area contributed by atoms with Crippen molar-refractivity contribution < 1.29 is 38.5 Å². The van der Waals surface area contributed by atoms with Gasteiger partial charge in [0.2, 0.25) is 0 Å². The van der Waals surface area contributed by atoms with Crippen LogP contribution in [0.25, 0.3) is 0 Å². The molecule has 19 heavy (non-hydrogen) atoms. The van der Waals surface area contributed by atoms with Crippen molar-refractivity contribution in [1.82, 2.24) is 0 Å². The maximum Gasteiger partial charge on any atom is 0.303 e. The lowest BCUT2D eigenvalue weighted by atomic mass is 10.1. The summed E-state index contributed by atoms with van der Waals surface area (Å²) in [5, 5.41) is 9.11. The van der Waals surface area contributed by atoms with Crippen molar-refractivity contribution in [3.05, 3.63) is 0 Å². The number of aliphatic hydroxyl groups is 1. The Bertz CT molecular complexity index is 351. The number of esters is 3. The highest BCUT2D eigenvalue weighted by molar-refractivity contribution is 5.72. The van der Waals surface area contributed by atoms with Gasteiger partial charge in [-0.1, -0.05) is 0 Å². The van der Waals surface area contributed by atoms with Crippen LogP contribution in [-0.4, -0.2) is 54.2 Å². The summed E-state index contributed by atoms with van der Waals surface area (Å²) in [5.74, 6) is -2.31. The monoisotopic (exact) mass is 276 g/mol. The molecule has 108 valence electrons. The van der Waals surface area contributed by atoms with Gasteiger partial charge in [0.25, 0.3) is 0 Å². The van der Waals surface area contributed by atoms with Crippen LogP contribution in [0.5, 0.6) is 0 Å². The molecule has 1 N–H and O–H groups in total. The van der Waals surface area contributed by atoms with Crippen LogP contribution < -0.4 is 0 Å². The van der Waals surface area contributed by atoms with Crippen molar-refractivity contribution >= 4 is 24.2 Å². The van der Waals surface area contributed by atoms with Gasteiger partial charge >= 0.3 is 17.9 Å². The summed E-state index contributed by atoms with van der Waals surface area (Å²) in [6.45, 7) is 2.49. The first-order valence-electron chi connectivity index (χ1n) is 5.39. The van der Waals surface area contributed by atoms with Gasteiger partial charge in [-0.05, 0) is 0 Å². The highest BCUT2D eigenvalue weighted by Gasteiger charge is 2.36. The summed E-state index contributed by atoms with van der Waals surface area (Å²) in [5.41, 5.74) is 0. The first-order chi connectivity index (χ1) is 8.81. The maximum absolute atomic E-state index is 11.0. The third-order valence-corrected chi connectivity index (χ3v) is 1.93. The van der Waals surface area contributed by atoms with E-state index < -0.39 is 42.8 Å². The molecule has 0 fully saturated rings. The van der Waals surface area contributed by atoms with Crippen LogP contribution in [0.1, 0.15) is 20.8 Å². The molecule has 0 bridgehead atoms. The van der Waals surface area contributed by atoms with Crippen molar-refractivity contribution in [1.29, 1.82) is 0 Å². The Morgan fingerprint density at radius 2 is 1.47 bits per heavy atom. The molecular formula is C11H16O8. The van der Waals surface area contributed by atoms with Crippen LogP contribution in [-0.2, 0) is 33.4 Å². The summed E-state index contributed by atoms with van der Waals surface area (Å²) in [7, 11) is 0. The zero-order valence-corrected chi connectivity index (χ0v) is 10.8. The minimum atomic E-state index is -1.47. The third-order valence-electron chi connectivity index (χ3n) is 1.93. The molecule has 0 saturated heterocycles. The number of aliphatic hydroxyl groups excluding tert-OH is 1. The summed E-state index contributed by atoms with van der Waals surface area (Å²) >= 11 is 0. The average Bonchev–Trinajstić information content (AvgIpc) is 2.29. The fourth-order valence-corrected chi connectivity index (χ4v) is 1.33. The predicted octanol–water partition coefficient (Wildman–Crippen LogP) is -1.03. The Morgan fingerprint density at radius 3 is 1.79 bits per heavy atom. The Morgan fingerprint density at radius 1 is 1.00 bits per heavy atom. The molecule has 8 heteroatoms. The molecule has 8 nitrogen and oxygen atoms in total. The lowest BCUT2D eigenvalue weighted by Crippen LogP contribution is -2.47. The first kappa shape index (κ1) is 17.0. The molecule has 0 saturated carbocycles. The topological polar surface area (TPSA) is 116 Å². The zero-order chi connectivity index (χ0) is 15.0. The van der Waals surface area contributed by atoms with E-state index in [-0.39, 0.29) is 6.29 Å². The smallest absolute Gasteiger partial charge is 0.303 e. The van der Waals surface area contributed by atoms with E-state index in [0.717, 1.165) is 20.8 Å². The van der Waals surface area contributed by atoms with Crippen molar-refractivity contribution in [2.24, 2.45) is 0 Å². The van der Waals surface area contributed by atoms with Gasteiger partial charge in [-0.2, -0.15) is 0 Å². The van der Waals surface area contributed by atoms with Gasteiger partial charge in [-0.25, -0.2) is 0 Å². The van der Waals surface area contributed by atoms with Gasteiger partial charge in [-0.3, -0.25) is 19.2 Å². The van der Waals surface area contributed by atoms with E-state index in [0.29, 0.717) is 0 Å². The molecule has 0 unspecified atom stereocenters. The van der Waals surface area contributed by atoms with Crippen LogP contribution >= 0.6 is 0 Å². The standard InChI is InChI=1S/C11H16O8/c1-6(14)17-9(4-12)11(19-8(3)16)10(5-13)18-7(2)15/h4,9-11,13H,5H2,1-3H3/t9-,10-,11+/m0/s1. The van der Waals surface area contributed by atoms with E-state index in [2.05, 4.69) is 4.74 Å². The van der Waals surface area contributed by atoms with Crippen LogP contribution in [0.3, 0.4) is 0 Å². The van der Waals surface area contributed by atoms with Crippen molar-refractivity contribution in [3.8, 4) is 0 Å². The summed E-state index contributed by atoms with van der Waals surface area (Å²) in [6.07, 6.45) is -3.97. The Balaban J connectivity index is 5.11. The summed E-state index contributed by atoms with van der Waals surface area (Å²) in [6, 6.07) is 0. The van der Waals surface area contributed by atoms with Crippen LogP contribution in [0, 0.1) is 0 Å². The molecule has 0 aromatic heterocycles. The number of carbonyl (C=O) groups excluding carboxylic acids is 4. The number of hydrogen-bond acceptors (Lipinski definition) is 8. The minimum absolute atomic E-state index is 0.223. The quantitative estimate of drug-likeness (QED) is 0.356. The van der Waals surface area contributed by atoms with Crippen molar-refractivity contribution in [2.75, 3.05) is 6.61 Å². The van der Waals surface area contributed by atoms with Gasteiger partial charge in [0, 0.05) is 20.8 Å². The zero-order valence-electron chi connectivity index (χ0n) is 10.8. The minimum Gasteiger partial charge on any atom is -0.456 e. The van der Waals surface area contributed by atoms with Crippen molar-refractivity contribution in [2.45, 2.75) is 39.1 Å². The average molecular weight is 276 g/mol. The largest absolute Gasteiger partial charge is 0.456 e. The second-order valence-electron chi connectivity index (χ2n) is 3.61. The van der Waals surface area contributed by atoms with E-state index in [1.807, 2.05) is 0 Å². The van der Waals surface area contributed by atoms with Crippen molar-refractivity contribution in [3.63, 3.8) is 0 Å².